The summed E-state index contributed by atoms with van der Waals surface area (Å²) in [5.74, 6) is 0.744. The van der Waals surface area contributed by atoms with E-state index < -0.39 is 0 Å². The maximum Gasteiger partial charge on any atom is 0.260 e. The molecule has 0 aliphatic heterocycles. The van der Waals surface area contributed by atoms with E-state index >= 15 is 0 Å². The van der Waals surface area contributed by atoms with Gasteiger partial charge >= 0.3 is 0 Å². The number of carbonyl (C=O) groups excluding carboxylic acids is 1. The van der Waals surface area contributed by atoms with Crippen LogP contribution in [0.3, 0.4) is 0 Å². The Morgan fingerprint density at radius 1 is 1.17 bits per heavy atom. The van der Waals surface area contributed by atoms with E-state index in [9.17, 15) is 4.79 Å². The molecule has 0 fully saturated rings. The number of hydrogen-bond donors (Lipinski definition) is 1. The Balaban J connectivity index is 1.85. The molecule has 0 bridgehead atoms. The van der Waals surface area contributed by atoms with Crippen molar-refractivity contribution in [2.75, 3.05) is 5.32 Å². The molecule has 0 spiro atoms. The number of nitrogens with one attached hydrogen (secondary N) is 1. The molecule has 1 amide bonds. The topological polar surface area (TPSA) is 80.9 Å². The molecular weight excluding hydrogens is 304 g/mol. The fraction of sp³-hybridized carbons (Fsp3) is 0.222. The number of anilines is 1. The van der Waals surface area contributed by atoms with Crippen molar-refractivity contribution in [1.29, 1.82) is 0 Å². The van der Waals surface area contributed by atoms with Gasteiger partial charge in [-0.25, -0.2) is 0 Å². The third kappa shape index (κ3) is 3.65. The van der Waals surface area contributed by atoms with Gasteiger partial charge in [-0.1, -0.05) is 36.7 Å². The first-order chi connectivity index (χ1) is 11.8. The second kappa shape index (κ2) is 7.50. The van der Waals surface area contributed by atoms with E-state index in [4.69, 9.17) is 4.52 Å². The highest BCUT2D eigenvalue weighted by Gasteiger charge is 2.15. The van der Waals surface area contributed by atoms with E-state index in [0.29, 0.717) is 35.1 Å². The normalized spacial score (nSPS) is 10.5. The molecule has 0 saturated carbocycles. The van der Waals surface area contributed by atoms with Crippen LogP contribution >= 0.6 is 0 Å². The maximum absolute atomic E-state index is 12.0. The first kappa shape index (κ1) is 15.9. The molecule has 0 unspecified atom stereocenters. The van der Waals surface area contributed by atoms with Crippen molar-refractivity contribution in [3.8, 4) is 23.0 Å². The molecule has 0 saturated heterocycles. The minimum Gasteiger partial charge on any atom is -0.333 e. The van der Waals surface area contributed by atoms with Gasteiger partial charge in [0.25, 0.3) is 5.89 Å². The Kier molecular flexibility index (Phi) is 4.96. The van der Waals surface area contributed by atoms with Crippen molar-refractivity contribution in [3.05, 3.63) is 48.7 Å². The second-order valence-electron chi connectivity index (χ2n) is 5.34. The number of rotatable bonds is 6. The van der Waals surface area contributed by atoms with Crippen molar-refractivity contribution < 1.29 is 9.32 Å². The van der Waals surface area contributed by atoms with Crippen molar-refractivity contribution in [2.45, 2.75) is 26.2 Å². The van der Waals surface area contributed by atoms with Gasteiger partial charge < -0.3 is 9.84 Å². The summed E-state index contributed by atoms with van der Waals surface area (Å²) in [5, 5.41) is 6.88. The highest BCUT2D eigenvalue weighted by molar-refractivity contribution is 5.94. The van der Waals surface area contributed by atoms with Crippen LogP contribution < -0.4 is 5.32 Å². The first-order valence-electron chi connectivity index (χ1n) is 7.92. The standard InChI is InChI=1S/C18H18N4O2/c1-2-3-11-16(23)20-14-9-5-4-8-13(14)18-21-17(22-24-18)15-10-6-7-12-19-15/h4-10,12H,2-3,11H2,1H3,(H,20,23). The average molecular weight is 322 g/mol. The number of aromatic nitrogens is 3. The molecule has 0 radical (unpaired) electrons. The molecule has 24 heavy (non-hydrogen) atoms. The quantitative estimate of drug-likeness (QED) is 0.743. The van der Waals surface area contributed by atoms with Crippen LogP contribution in [0.2, 0.25) is 0 Å². The highest BCUT2D eigenvalue weighted by Crippen LogP contribution is 2.28. The first-order valence-corrected chi connectivity index (χ1v) is 7.92. The third-order valence-electron chi connectivity index (χ3n) is 3.51. The molecule has 6 heteroatoms. The van der Waals surface area contributed by atoms with E-state index in [1.165, 1.54) is 0 Å². The van der Waals surface area contributed by atoms with Crippen molar-refractivity contribution in [3.63, 3.8) is 0 Å². The van der Waals surface area contributed by atoms with Crippen LogP contribution in [0, 0.1) is 0 Å². The number of pyridine rings is 1. The molecule has 0 aliphatic carbocycles. The number of nitrogens with zero attached hydrogens (tertiary/aromatic N) is 3. The van der Waals surface area contributed by atoms with E-state index in [0.717, 1.165) is 12.8 Å². The third-order valence-corrected chi connectivity index (χ3v) is 3.51. The lowest BCUT2D eigenvalue weighted by Gasteiger charge is -2.07. The zero-order valence-electron chi connectivity index (χ0n) is 13.4. The predicted molar refractivity (Wildman–Crippen MR) is 91.1 cm³/mol. The molecule has 122 valence electrons. The molecule has 1 aromatic carbocycles. The monoisotopic (exact) mass is 322 g/mol. The van der Waals surface area contributed by atoms with Gasteiger partial charge in [0.05, 0.1) is 11.3 Å². The predicted octanol–water partition coefficient (Wildman–Crippen LogP) is 3.93. The van der Waals surface area contributed by atoms with Gasteiger partial charge in [-0.15, -0.1) is 0 Å². The summed E-state index contributed by atoms with van der Waals surface area (Å²) in [5.41, 5.74) is 1.99. The Hall–Kier alpha value is -3.02. The van der Waals surface area contributed by atoms with Crippen LogP contribution in [0.25, 0.3) is 23.0 Å². The van der Waals surface area contributed by atoms with Gasteiger partial charge in [0, 0.05) is 12.6 Å². The number of para-hydroxylation sites is 1. The fourth-order valence-electron chi connectivity index (χ4n) is 2.26. The van der Waals surface area contributed by atoms with Crippen molar-refractivity contribution >= 4 is 11.6 Å². The Bertz CT molecular complexity index is 815. The van der Waals surface area contributed by atoms with Gasteiger partial charge in [-0.3, -0.25) is 9.78 Å². The SMILES string of the molecule is CCCCC(=O)Nc1ccccc1-c1nc(-c2ccccn2)no1. The van der Waals surface area contributed by atoms with Crippen molar-refractivity contribution in [2.24, 2.45) is 0 Å². The molecule has 3 rings (SSSR count). The average Bonchev–Trinajstić information content (AvgIpc) is 3.11. The second-order valence-corrected chi connectivity index (χ2v) is 5.34. The summed E-state index contributed by atoms with van der Waals surface area (Å²) < 4.78 is 5.36. The van der Waals surface area contributed by atoms with Crippen LogP contribution in [0.15, 0.2) is 53.2 Å². The van der Waals surface area contributed by atoms with Crippen LogP contribution in [-0.2, 0) is 4.79 Å². The number of benzene rings is 1. The summed E-state index contributed by atoms with van der Waals surface area (Å²) in [6.07, 6.45) is 4.01. The molecular formula is C18H18N4O2. The van der Waals surface area contributed by atoms with Gasteiger partial charge in [0.1, 0.15) is 5.69 Å². The lowest BCUT2D eigenvalue weighted by atomic mass is 10.1. The summed E-state index contributed by atoms with van der Waals surface area (Å²) in [7, 11) is 0. The van der Waals surface area contributed by atoms with Crippen LogP contribution in [0.4, 0.5) is 5.69 Å². The maximum atomic E-state index is 12.0. The number of carbonyl (C=O) groups is 1. The zero-order valence-corrected chi connectivity index (χ0v) is 13.4. The van der Waals surface area contributed by atoms with Gasteiger partial charge in [-0.2, -0.15) is 4.98 Å². The fourth-order valence-corrected chi connectivity index (χ4v) is 2.26. The Morgan fingerprint density at radius 3 is 2.79 bits per heavy atom. The molecule has 2 aromatic heterocycles. The Morgan fingerprint density at radius 2 is 2.00 bits per heavy atom. The highest BCUT2D eigenvalue weighted by atomic mass is 16.5. The summed E-state index contributed by atoms with van der Waals surface area (Å²) in [6.45, 7) is 2.05. The summed E-state index contributed by atoms with van der Waals surface area (Å²) >= 11 is 0. The molecule has 6 nitrogen and oxygen atoms in total. The number of amides is 1. The van der Waals surface area contributed by atoms with Crippen LogP contribution in [-0.4, -0.2) is 21.0 Å². The zero-order chi connectivity index (χ0) is 16.8. The summed E-state index contributed by atoms with van der Waals surface area (Å²) in [6, 6.07) is 12.9. The number of unbranched alkanes of at least 4 members (excludes halogenated alkanes) is 1. The largest absolute Gasteiger partial charge is 0.333 e. The molecule has 3 aromatic rings. The molecule has 1 N–H and O–H groups in total. The molecule has 0 aliphatic rings. The lowest BCUT2D eigenvalue weighted by molar-refractivity contribution is -0.116. The minimum absolute atomic E-state index is 0.0197. The van der Waals surface area contributed by atoms with E-state index in [1.807, 2.05) is 42.5 Å². The molecule has 2 heterocycles. The Labute approximate surface area is 139 Å². The van der Waals surface area contributed by atoms with E-state index in [2.05, 4.69) is 27.4 Å². The van der Waals surface area contributed by atoms with Crippen LogP contribution in [0.5, 0.6) is 0 Å². The smallest absolute Gasteiger partial charge is 0.260 e. The van der Waals surface area contributed by atoms with Gasteiger partial charge in [-0.05, 0) is 30.7 Å². The van der Waals surface area contributed by atoms with Gasteiger partial charge in [0.15, 0.2) is 0 Å². The van der Waals surface area contributed by atoms with E-state index in [1.54, 1.807) is 6.20 Å². The molecule has 0 atom stereocenters. The minimum atomic E-state index is -0.0197. The lowest BCUT2D eigenvalue weighted by Crippen LogP contribution is -2.11. The summed E-state index contributed by atoms with van der Waals surface area (Å²) in [4.78, 5) is 20.6. The van der Waals surface area contributed by atoms with Crippen LogP contribution in [0.1, 0.15) is 26.2 Å². The van der Waals surface area contributed by atoms with E-state index in [-0.39, 0.29) is 5.91 Å². The van der Waals surface area contributed by atoms with Gasteiger partial charge in [0.2, 0.25) is 11.7 Å². The number of hydrogen-bond acceptors (Lipinski definition) is 5. The van der Waals surface area contributed by atoms with Crippen molar-refractivity contribution in [1.82, 2.24) is 15.1 Å².